The van der Waals surface area contributed by atoms with E-state index >= 15 is 0 Å². The van der Waals surface area contributed by atoms with Crippen molar-refractivity contribution in [2.24, 2.45) is 0 Å². The van der Waals surface area contributed by atoms with Crippen LogP contribution in [0.3, 0.4) is 0 Å². The van der Waals surface area contributed by atoms with Gasteiger partial charge in [-0.2, -0.15) is 0 Å². The Kier molecular flexibility index (Phi) is 6.56. The molecule has 122 valence electrons. The number of ether oxygens (including phenoxy) is 2. The largest absolute Gasteiger partial charge is 0.494 e. The third-order valence-corrected chi connectivity index (χ3v) is 3.56. The second-order valence-corrected chi connectivity index (χ2v) is 5.72. The lowest BCUT2D eigenvalue weighted by atomic mass is 10.2. The average molecular weight is 355 g/mol. The van der Waals surface area contributed by atoms with Crippen molar-refractivity contribution in [2.75, 3.05) is 6.61 Å². The lowest BCUT2D eigenvalue weighted by molar-refractivity contribution is -0.145. The molecule has 0 heterocycles. The molecule has 0 bridgehead atoms. The fourth-order valence-electron chi connectivity index (χ4n) is 1.90. The van der Waals surface area contributed by atoms with Crippen LogP contribution in [-0.4, -0.2) is 23.8 Å². The minimum absolute atomic E-state index is 0.339. The first kappa shape index (κ1) is 17.4. The maximum absolute atomic E-state index is 11.3. The van der Waals surface area contributed by atoms with Crippen molar-refractivity contribution in [1.82, 2.24) is 0 Å². The van der Waals surface area contributed by atoms with Crippen LogP contribution >= 0.6 is 23.2 Å². The Labute approximate surface area is 144 Å². The van der Waals surface area contributed by atoms with Crippen LogP contribution in [0.4, 0.5) is 0 Å². The number of carboxylic acid groups (broad SMARTS) is 1. The molecule has 23 heavy (non-hydrogen) atoms. The highest BCUT2D eigenvalue weighted by Gasteiger charge is 2.19. The van der Waals surface area contributed by atoms with E-state index < -0.39 is 12.1 Å². The van der Waals surface area contributed by atoms with Gasteiger partial charge in [0.1, 0.15) is 11.5 Å². The number of rotatable bonds is 8. The molecular formula is C17H16Cl2O4. The SMILES string of the molecule is O=C(O)C(CCCOc1ccc(Cl)cc1)Oc1ccc(Cl)cc1. The summed E-state index contributed by atoms with van der Waals surface area (Å²) in [6.45, 7) is 0.398. The lowest BCUT2D eigenvalue weighted by Gasteiger charge is -2.15. The zero-order valence-electron chi connectivity index (χ0n) is 12.2. The zero-order chi connectivity index (χ0) is 16.7. The van der Waals surface area contributed by atoms with Crippen LogP contribution in [0.2, 0.25) is 10.0 Å². The van der Waals surface area contributed by atoms with Gasteiger partial charge in [-0.1, -0.05) is 23.2 Å². The van der Waals surface area contributed by atoms with E-state index in [1.54, 1.807) is 48.5 Å². The number of carboxylic acids is 1. The van der Waals surface area contributed by atoms with Crippen LogP contribution in [0.5, 0.6) is 11.5 Å². The predicted octanol–water partition coefficient (Wildman–Crippen LogP) is 4.68. The number of hydrogen-bond donors (Lipinski definition) is 1. The number of hydrogen-bond acceptors (Lipinski definition) is 3. The van der Waals surface area contributed by atoms with Crippen LogP contribution in [0.1, 0.15) is 12.8 Å². The van der Waals surface area contributed by atoms with Crippen molar-refractivity contribution >= 4 is 29.2 Å². The summed E-state index contributed by atoms with van der Waals surface area (Å²) >= 11 is 11.6. The standard InChI is InChI=1S/C17H16Cl2O4/c18-12-3-7-14(8-4-12)22-11-1-2-16(17(20)21)23-15-9-5-13(19)6-10-15/h3-10,16H,1-2,11H2,(H,20,21). The van der Waals surface area contributed by atoms with E-state index in [1.165, 1.54) is 0 Å². The third kappa shape index (κ3) is 6.00. The monoisotopic (exact) mass is 354 g/mol. The third-order valence-electron chi connectivity index (χ3n) is 3.06. The van der Waals surface area contributed by atoms with Crippen LogP contribution in [-0.2, 0) is 4.79 Å². The van der Waals surface area contributed by atoms with Crippen LogP contribution in [0.25, 0.3) is 0 Å². The molecular weight excluding hydrogens is 339 g/mol. The minimum Gasteiger partial charge on any atom is -0.494 e. The summed E-state index contributed by atoms with van der Waals surface area (Å²) in [6, 6.07) is 13.6. The summed E-state index contributed by atoms with van der Waals surface area (Å²) in [5.41, 5.74) is 0. The summed E-state index contributed by atoms with van der Waals surface area (Å²) in [7, 11) is 0. The predicted molar refractivity (Wildman–Crippen MR) is 89.7 cm³/mol. The van der Waals surface area contributed by atoms with E-state index in [4.69, 9.17) is 32.7 Å². The fraction of sp³-hybridized carbons (Fsp3) is 0.235. The average Bonchev–Trinajstić information content (AvgIpc) is 2.53. The minimum atomic E-state index is -1.01. The lowest BCUT2D eigenvalue weighted by Crippen LogP contribution is -2.27. The molecule has 1 atom stereocenters. The molecule has 0 aromatic heterocycles. The number of aliphatic carboxylic acids is 1. The van der Waals surface area contributed by atoms with E-state index in [9.17, 15) is 9.90 Å². The Hall–Kier alpha value is -1.91. The first-order valence-electron chi connectivity index (χ1n) is 7.08. The number of carbonyl (C=O) groups is 1. The van der Waals surface area contributed by atoms with Gasteiger partial charge in [-0.05, 0) is 61.4 Å². The smallest absolute Gasteiger partial charge is 0.344 e. The van der Waals surface area contributed by atoms with Gasteiger partial charge in [0, 0.05) is 10.0 Å². The molecule has 0 saturated heterocycles. The topological polar surface area (TPSA) is 55.8 Å². The van der Waals surface area contributed by atoms with E-state index in [-0.39, 0.29) is 0 Å². The van der Waals surface area contributed by atoms with Gasteiger partial charge in [-0.25, -0.2) is 4.79 Å². The highest BCUT2D eigenvalue weighted by atomic mass is 35.5. The summed E-state index contributed by atoms with van der Waals surface area (Å²) in [5.74, 6) is 0.159. The number of halogens is 2. The van der Waals surface area contributed by atoms with Gasteiger partial charge in [-0.15, -0.1) is 0 Å². The molecule has 0 spiro atoms. The molecule has 2 aromatic rings. The summed E-state index contributed by atoms with van der Waals surface area (Å²) in [5, 5.41) is 10.4. The van der Waals surface area contributed by atoms with E-state index in [1.807, 2.05) is 0 Å². The van der Waals surface area contributed by atoms with Gasteiger partial charge in [0.25, 0.3) is 0 Å². The summed E-state index contributed by atoms with van der Waals surface area (Å²) in [4.78, 5) is 11.3. The molecule has 0 amide bonds. The van der Waals surface area contributed by atoms with Gasteiger partial charge in [0.05, 0.1) is 6.61 Å². The molecule has 6 heteroatoms. The molecule has 1 unspecified atom stereocenters. The van der Waals surface area contributed by atoms with Crippen molar-refractivity contribution < 1.29 is 19.4 Å². The molecule has 0 aliphatic carbocycles. The van der Waals surface area contributed by atoms with Crippen LogP contribution in [0.15, 0.2) is 48.5 Å². The Morgan fingerprint density at radius 1 is 0.957 bits per heavy atom. The van der Waals surface area contributed by atoms with Gasteiger partial charge in [0.15, 0.2) is 6.10 Å². The first-order valence-corrected chi connectivity index (χ1v) is 7.83. The van der Waals surface area contributed by atoms with Crippen molar-refractivity contribution in [3.8, 4) is 11.5 Å². The van der Waals surface area contributed by atoms with Crippen molar-refractivity contribution in [1.29, 1.82) is 0 Å². The molecule has 2 rings (SSSR count). The molecule has 4 nitrogen and oxygen atoms in total. The second-order valence-electron chi connectivity index (χ2n) is 4.84. The van der Waals surface area contributed by atoms with Gasteiger partial charge < -0.3 is 14.6 Å². The maximum atomic E-state index is 11.3. The van der Waals surface area contributed by atoms with Gasteiger partial charge in [-0.3, -0.25) is 0 Å². The molecule has 2 aromatic carbocycles. The first-order chi connectivity index (χ1) is 11.0. The highest BCUT2D eigenvalue weighted by Crippen LogP contribution is 2.19. The molecule has 0 fully saturated rings. The normalized spacial score (nSPS) is 11.7. The van der Waals surface area contributed by atoms with Crippen molar-refractivity contribution in [2.45, 2.75) is 18.9 Å². The van der Waals surface area contributed by atoms with Crippen LogP contribution < -0.4 is 9.47 Å². The molecule has 0 saturated carbocycles. The van der Waals surface area contributed by atoms with Gasteiger partial charge >= 0.3 is 5.97 Å². The quantitative estimate of drug-likeness (QED) is 0.699. The second kappa shape index (κ2) is 8.65. The molecule has 1 N–H and O–H groups in total. The maximum Gasteiger partial charge on any atom is 0.344 e. The summed E-state index contributed by atoms with van der Waals surface area (Å²) in [6.07, 6.45) is -0.0383. The summed E-state index contributed by atoms with van der Waals surface area (Å²) < 4.78 is 11.0. The van der Waals surface area contributed by atoms with Crippen molar-refractivity contribution in [3.63, 3.8) is 0 Å². The van der Waals surface area contributed by atoms with Gasteiger partial charge in [0.2, 0.25) is 0 Å². The van der Waals surface area contributed by atoms with Crippen molar-refractivity contribution in [3.05, 3.63) is 58.6 Å². The molecule has 0 radical (unpaired) electrons. The van der Waals surface area contributed by atoms with E-state index in [2.05, 4.69) is 0 Å². The van der Waals surface area contributed by atoms with E-state index in [0.29, 0.717) is 41.0 Å². The molecule has 0 aliphatic rings. The van der Waals surface area contributed by atoms with Crippen LogP contribution in [0, 0.1) is 0 Å². The fourth-order valence-corrected chi connectivity index (χ4v) is 2.15. The Morgan fingerprint density at radius 3 is 2.00 bits per heavy atom. The highest BCUT2D eigenvalue weighted by molar-refractivity contribution is 6.30. The van der Waals surface area contributed by atoms with E-state index in [0.717, 1.165) is 0 Å². The molecule has 0 aliphatic heterocycles. The Morgan fingerprint density at radius 2 is 1.48 bits per heavy atom. The number of benzene rings is 2. The zero-order valence-corrected chi connectivity index (χ0v) is 13.8. The Bertz CT molecular complexity index is 626. The Balaban J connectivity index is 1.79.